The molecule has 0 fully saturated rings. The number of aromatic nitrogens is 1. The lowest BCUT2D eigenvalue weighted by Gasteiger charge is -2.19. The average molecular weight is 345 g/mol. The van der Waals surface area contributed by atoms with E-state index in [1.165, 1.54) is 0 Å². The van der Waals surface area contributed by atoms with Gasteiger partial charge in [-0.25, -0.2) is 4.79 Å². The normalized spacial score (nSPS) is 12.5. The van der Waals surface area contributed by atoms with E-state index in [1.54, 1.807) is 0 Å². The van der Waals surface area contributed by atoms with Crippen LogP contribution in [0.2, 0.25) is 0 Å². The van der Waals surface area contributed by atoms with E-state index in [0.29, 0.717) is 0 Å². The lowest BCUT2D eigenvalue weighted by Crippen LogP contribution is -2.36. The Balaban J connectivity index is 1.88. The standard InChI is InChI=1S/C20H32N4O/c1-5-23(6-2)14-10-11-16(4)21-20(25)22-18-15-24(7-3)19-13-9-8-12-17(18)19/h8-9,12-13,15-16H,5-7,10-11,14H2,1-4H3,(H2,21,22,25). The van der Waals surface area contributed by atoms with Gasteiger partial charge in [0, 0.05) is 24.2 Å². The zero-order chi connectivity index (χ0) is 18.2. The molecular weight excluding hydrogens is 312 g/mol. The fraction of sp³-hybridized carbons (Fsp3) is 0.550. The zero-order valence-electron chi connectivity index (χ0n) is 16.0. The van der Waals surface area contributed by atoms with Gasteiger partial charge < -0.3 is 20.1 Å². The van der Waals surface area contributed by atoms with Gasteiger partial charge in [0.15, 0.2) is 0 Å². The van der Waals surface area contributed by atoms with Crippen LogP contribution >= 0.6 is 0 Å². The van der Waals surface area contributed by atoms with E-state index in [1.807, 2.05) is 24.4 Å². The van der Waals surface area contributed by atoms with E-state index in [0.717, 1.165) is 55.6 Å². The SMILES string of the molecule is CCN(CC)CCCC(C)NC(=O)Nc1cn(CC)c2ccccc12. The van der Waals surface area contributed by atoms with E-state index < -0.39 is 0 Å². The number of hydrogen-bond acceptors (Lipinski definition) is 2. The Kier molecular flexibility index (Phi) is 7.31. The Morgan fingerprint density at radius 3 is 2.60 bits per heavy atom. The summed E-state index contributed by atoms with van der Waals surface area (Å²) in [5.74, 6) is 0. The number of anilines is 1. The van der Waals surface area contributed by atoms with E-state index in [2.05, 4.69) is 53.9 Å². The maximum absolute atomic E-state index is 12.3. The number of amides is 2. The molecule has 0 aliphatic carbocycles. The van der Waals surface area contributed by atoms with Crippen molar-refractivity contribution < 1.29 is 4.79 Å². The Morgan fingerprint density at radius 1 is 1.20 bits per heavy atom. The summed E-state index contributed by atoms with van der Waals surface area (Å²) < 4.78 is 2.15. The van der Waals surface area contributed by atoms with Gasteiger partial charge in [-0.05, 0) is 52.4 Å². The predicted octanol–water partition coefficient (Wildman–Crippen LogP) is 4.29. The van der Waals surface area contributed by atoms with Gasteiger partial charge in [-0.1, -0.05) is 32.0 Å². The van der Waals surface area contributed by atoms with Crippen molar-refractivity contribution in [2.45, 2.75) is 53.1 Å². The molecule has 0 saturated carbocycles. The molecule has 2 aromatic rings. The second-order valence-electron chi connectivity index (χ2n) is 6.51. The van der Waals surface area contributed by atoms with Crippen molar-refractivity contribution in [2.75, 3.05) is 25.0 Å². The third-order valence-corrected chi connectivity index (χ3v) is 4.76. The maximum Gasteiger partial charge on any atom is 0.319 e. The van der Waals surface area contributed by atoms with Crippen LogP contribution < -0.4 is 10.6 Å². The minimum Gasteiger partial charge on any atom is -0.346 e. The molecule has 5 nitrogen and oxygen atoms in total. The largest absolute Gasteiger partial charge is 0.346 e. The second-order valence-corrected chi connectivity index (χ2v) is 6.51. The van der Waals surface area contributed by atoms with Crippen LogP contribution in [0, 0.1) is 0 Å². The van der Waals surface area contributed by atoms with Crippen LogP contribution in [0.3, 0.4) is 0 Å². The average Bonchev–Trinajstić information content (AvgIpc) is 2.96. The summed E-state index contributed by atoms with van der Waals surface area (Å²) in [4.78, 5) is 14.7. The number of fused-ring (bicyclic) bond motifs is 1. The molecule has 1 unspecified atom stereocenters. The van der Waals surface area contributed by atoms with Gasteiger partial charge >= 0.3 is 6.03 Å². The number of carbonyl (C=O) groups is 1. The molecule has 138 valence electrons. The summed E-state index contributed by atoms with van der Waals surface area (Å²) >= 11 is 0. The first-order chi connectivity index (χ1) is 12.1. The molecule has 2 N–H and O–H groups in total. The molecule has 0 spiro atoms. The minimum atomic E-state index is -0.130. The molecule has 5 heteroatoms. The Bertz CT molecular complexity index is 675. The molecule has 1 atom stereocenters. The highest BCUT2D eigenvalue weighted by atomic mass is 16.2. The Morgan fingerprint density at radius 2 is 1.92 bits per heavy atom. The smallest absolute Gasteiger partial charge is 0.319 e. The third kappa shape index (κ3) is 5.23. The number of aryl methyl sites for hydroxylation is 1. The first-order valence-electron chi connectivity index (χ1n) is 9.46. The third-order valence-electron chi connectivity index (χ3n) is 4.76. The van der Waals surface area contributed by atoms with Crippen molar-refractivity contribution >= 4 is 22.6 Å². The van der Waals surface area contributed by atoms with Crippen LogP contribution in [0.5, 0.6) is 0 Å². The van der Waals surface area contributed by atoms with Crippen LogP contribution in [-0.2, 0) is 6.54 Å². The molecule has 0 aliphatic rings. The summed E-state index contributed by atoms with van der Waals surface area (Å²) in [6.07, 6.45) is 4.09. The van der Waals surface area contributed by atoms with Crippen LogP contribution in [0.15, 0.2) is 30.5 Å². The van der Waals surface area contributed by atoms with E-state index in [9.17, 15) is 4.79 Å². The monoisotopic (exact) mass is 344 g/mol. The first-order valence-corrected chi connectivity index (χ1v) is 9.46. The summed E-state index contributed by atoms with van der Waals surface area (Å²) in [6, 6.07) is 8.18. The molecule has 0 bridgehead atoms. The van der Waals surface area contributed by atoms with Crippen LogP contribution in [-0.4, -0.2) is 41.2 Å². The first kappa shape index (κ1) is 19.3. The van der Waals surface area contributed by atoms with Crippen molar-refractivity contribution in [3.63, 3.8) is 0 Å². The molecule has 2 rings (SSSR count). The highest BCUT2D eigenvalue weighted by molar-refractivity contribution is 6.01. The molecule has 0 aliphatic heterocycles. The van der Waals surface area contributed by atoms with Crippen molar-refractivity contribution in [3.05, 3.63) is 30.5 Å². The lowest BCUT2D eigenvalue weighted by molar-refractivity contribution is 0.247. The Labute approximate surface area is 151 Å². The number of para-hydroxylation sites is 1. The van der Waals surface area contributed by atoms with Gasteiger partial charge in [0.05, 0.1) is 11.2 Å². The zero-order valence-corrected chi connectivity index (χ0v) is 16.0. The fourth-order valence-corrected chi connectivity index (χ4v) is 3.22. The van der Waals surface area contributed by atoms with Gasteiger partial charge in [-0.2, -0.15) is 0 Å². The molecular formula is C20H32N4O. The minimum absolute atomic E-state index is 0.130. The molecule has 1 heterocycles. The van der Waals surface area contributed by atoms with E-state index in [4.69, 9.17) is 0 Å². The fourth-order valence-electron chi connectivity index (χ4n) is 3.22. The second kappa shape index (κ2) is 9.47. The van der Waals surface area contributed by atoms with Gasteiger partial charge in [0.1, 0.15) is 0 Å². The number of nitrogens with zero attached hydrogens (tertiary/aromatic N) is 2. The summed E-state index contributed by atoms with van der Waals surface area (Å²) in [6.45, 7) is 12.7. The molecule has 1 aromatic heterocycles. The lowest BCUT2D eigenvalue weighted by atomic mass is 10.2. The number of benzene rings is 1. The molecule has 1 aromatic carbocycles. The van der Waals surface area contributed by atoms with Crippen LogP contribution in [0.4, 0.5) is 10.5 Å². The van der Waals surface area contributed by atoms with Gasteiger partial charge in [-0.3, -0.25) is 0 Å². The summed E-state index contributed by atoms with van der Waals surface area (Å²) in [5, 5.41) is 7.14. The Hall–Kier alpha value is -2.01. The maximum atomic E-state index is 12.3. The number of carbonyl (C=O) groups excluding carboxylic acids is 1. The quantitative estimate of drug-likeness (QED) is 0.713. The van der Waals surface area contributed by atoms with Gasteiger partial charge in [0.2, 0.25) is 0 Å². The number of nitrogens with one attached hydrogen (secondary N) is 2. The van der Waals surface area contributed by atoms with Gasteiger partial charge in [0.25, 0.3) is 0 Å². The molecule has 2 amide bonds. The van der Waals surface area contributed by atoms with Crippen molar-refractivity contribution in [1.29, 1.82) is 0 Å². The van der Waals surface area contributed by atoms with Crippen molar-refractivity contribution in [2.24, 2.45) is 0 Å². The predicted molar refractivity (Wildman–Crippen MR) is 106 cm³/mol. The summed E-state index contributed by atoms with van der Waals surface area (Å²) in [5.41, 5.74) is 2.01. The van der Waals surface area contributed by atoms with Crippen molar-refractivity contribution in [1.82, 2.24) is 14.8 Å². The van der Waals surface area contributed by atoms with Gasteiger partial charge in [-0.15, -0.1) is 0 Å². The number of hydrogen-bond donors (Lipinski definition) is 2. The van der Waals surface area contributed by atoms with E-state index in [-0.39, 0.29) is 12.1 Å². The number of rotatable bonds is 9. The summed E-state index contributed by atoms with van der Waals surface area (Å²) in [7, 11) is 0. The topological polar surface area (TPSA) is 49.3 Å². The molecule has 0 saturated heterocycles. The van der Waals surface area contributed by atoms with Crippen molar-refractivity contribution in [3.8, 4) is 0 Å². The van der Waals surface area contributed by atoms with Crippen LogP contribution in [0.25, 0.3) is 10.9 Å². The molecule has 0 radical (unpaired) electrons. The highest BCUT2D eigenvalue weighted by Gasteiger charge is 2.12. The van der Waals surface area contributed by atoms with E-state index >= 15 is 0 Å². The highest BCUT2D eigenvalue weighted by Crippen LogP contribution is 2.25. The number of urea groups is 1. The van der Waals surface area contributed by atoms with Crippen LogP contribution in [0.1, 0.15) is 40.5 Å². The molecule has 25 heavy (non-hydrogen) atoms.